The molecule has 1 aliphatic carbocycles. The molecule has 2 aromatic carbocycles. The summed E-state index contributed by atoms with van der Waals surface area (Å²) in [4.78, 5) is 40.2. The molecule has 1 aliphatic rings. The van der Waals surface area contributed by atoms with E-state index < -0.39 is 11.9 Å². The minimum atomic E-state index is -0.728. The summed E-state index contributed by atoms with van der Waals surface area (Å²) in [6.07, 6.45) is 4.01. The molecule has 0 unspecified atom stereocenters. The maximum Gasteiger partial charge on any atom is 0.323 e. The number of nitrogens with zero attached hydrogens (tertiary/aromatic N) is 2. The number of hydrogen-bond acceptors (Lipinski definition) is 7. The van der Waals surface area contributed by atoms with Crippen molar-refractivity contribution < 1.29 is 19.1 Å². The summed E-state index contributed by atoms with van der Waals surface area (Å²) in [5.74, 6) is -0.787. The number of carboxylic acids is 1. The molecule has 180 valence electrons. The standard InChI is InChI=1S/C24H24N6O5/c31-20(32)11-13-1-3-14(4-2-13)15-5-7-16(8-6-15)25-21(33)22-29-30-24(35-22)26-17-9-10-18-19(12-17)28-23(34)27-18/h5-10,12-14H,1-4,11H2,(H,25,33)(H,26,30)(H,31,32)(H2,27,28,34)/t13-,14-. The predicted octanol–water partition coefficient (Wildman–Crippen LogP) is 3.98. The van der Waals surface area contributed by atoms with Crippen molar-refractivity contribution in [3.63, 3.8) is 0 Å². The number of aromatic amines is 2. The monoisotopic (exact) mass is 476 g/mol. The molecule has 35 heavy (non-hydrogen) atoms. The van der Waals surface area contributed by atoms with Crippen molar-refractivity contribution in [2.45, 2.75) is 38.0 Å². The summed E-state index contributed by atoms with van der Waals surface area (Å²) in [6.45, 7) is 0. The number of benzene rings is 2. The van der Waals surface area contributed by atoms with Crippen LogP contribution >= 0.6 is 0 Å². The van der Waals surface area contributed by atoms with Gasteiger partial charge in [-0.1, -0.05) is 17.2 Å². The molecule has 1 amide bonds. The van der Waals surface area contributed by atoms with E-state index in [1.807, 2.05) is 24.3 Å². The number of hydrogen-bond donors (Lipinski definition) is 5. The molecule has 2 heterocycles. The van der Waals surface area contributed by atoms with Gasteiger partial charge in [0.1, 0.15) is 0 Å². The van der Waals surface area contributed by atoms with Gasteiger partial charge in [-0.3, -0.25) is 9.59 Å². The lowest BCUT2D eigenvalue weighted by Crippen LogP contribution is -2.16. The number of anilines is 3. The second kappa shape index (κ2) is 9.45. The van der Waals surface area contributed by atoms with Crippen LogP contribution < -0.4 is 16.3 Å². The van der Waals surface area contributed by atoms with Crippen molar-refractivity contribution in [3.8, 4) is 0 Å². The summed E-state index contributed by atoms with van der Waals surface area (Å²) in [5.41, 5.74) is 3.38. The van der Waals surface area contributed by atoms with E-state index in [0.717, 1.165) is 25.7 Å². The van der Waals surface area contributed by atoms with E-state index in [2.05, 4.69) is 30.8 Å². The zero-order valence-corrected chi connectivity index (χ0v) is 18.7. The maximum absolute atomic E-state index is 12.5. The van der Waals surface area contributed by atoms with Crippen LogP contribution in [-0.4, -0.2) is 37.1 Å². The first-order valence-electron chi connectivity index (χ1n) is 11.4. The number of rotatable bonds is 7. The fourth-order valence-corrected chi connectivity index (χ4v) is 4.57. The van der Waals surface area contributed by atoms with Crippen LogP contribution in [-0.2, 0) is 4.79 Å². The second-order valence-corrected chi connectivity index (χ2v) is 8.77. The van der Waals surface area contributed by atoms with Crippen molar-refractivity contribution in [1.82, 2.24) is 20.2 Å². The molecule has 11 heteroatoms. The summed E-state index contributed by atoms with van der Waals surface area (Å²) in [7, 11) is 0. The maximum atomic E-state index is 12.5. The molecule has 0 radical (unpaired) electrons. The Balaban J connectivity index is 1.17. The SMILES string of the molecule is O=C(O)C[C@H]1CC[C@H](c2ccc(NC(=O)c3nnc(Nc4ccc5[nH]c(=O)[nH]c5c4)o3)cc2)CC1. The van der Waals surface area contributed by atoms with Gasteiger partial charge in [0.05, 0.1) is 11.0 Å². The summed E-state index contributed by atoms with van der Waals surface area (Å²) >= 11 is 0. The molecule has 0 saturated heterocycles. The lowest BCUT2D eigenvalue weighted by molar-refractivity contribution is -0.138. The second-order valence-electron chi connectivity index (χ2n) is 8.77. The van der Waals surface area contributed by atoms with Crippen LogP contribution in [0.4, 0.5) is 17.4 Å². The number of carboxylic acid groups (broad SMARTS) is 1. The molecule has 0 aliphatic heterocycles. The first kappa shape index (κ1) is 22.4. The topological polar surface area (TPSA) is 166 Å². The molecule has 5 N–H and O–H groups in total. The van der Waals surface area contributed by atoms with E-state index in [1.54, 1.807) is 18.2 Å². The van der Waals surface area contributed by atoms with E-state index in [9.17, 15) is 14.4 Å². The van der Waals surface area contributed by atoms with E-state index in [1.165, 1.54) is 5.56 Å². The van der Waals surface area contributed by atoms with E-state index in [-0.39, 0.29) is 29.9 Å². The minimum Gasteiger partial charge on any atom is -0.481 e. The molecule has 0 atom stereocenters. The highest BCUT2D eigenvalue weighted by Crippen LogP contribution is 2.37. The molecule has 2 aromatic heterocycles. The van der Waals surface area contributed by atoms with Gasteiger partial charge >= 0.3 is 29.5 Å². The van der Waals surface area contributed by atoms with Crippen molar-refractivity contribution in [1.29, 1.82) is 0 Å². The third-order valence-corrected chi connectivity index (χ3v) is 6.34. The average Bonchev–Trinajstić information content (AvgIpc) is 3.45. The Morgan fingerprint density at radius 2 is 1.69 bits per heavy atom. The van der Waals surface area contributed by atoms with Crippen molar-refractivity contribution in [2.75, 3.05) is 10.6 Å². The van der Waals surface area contributed by atoms with Gasteiger partial charge in [-0.25, -0.2) is 4.79 Å². The molecule has 0 spiro atoms. The van der Waals surface area contributed by atoms with Crippen LogP contribution in [0.1, 0.15) is 54.3 Å². The zero-order valence-electron chi connectivity index (χ0n) is 18.7. The third-order valence-electron chi connectivity index (χ3n) is 6.34. The number of imidazole rings is 1. The van der Waals surface area contributed by atoms with Crippen molar-refractivity contribution >= 4 is 40.3 Å². The van der Waals surface area contributed by atoms with Gasteiger partial charge < -0.3 is 30.1 Å². The Morgan fingerprint density at radius 3 is 2.43 bits per heavy atom. The van der Waals surface area contributed by atoms with Gasteiger partial charge in [0.15, 0.2) is 0 Å². The minimum absolute atomic E-state index is 0.0428. The number of fused-ring (bicyclic) bond motifs is 1. The largest absolute Gasteiger partial charge is 0.481 e. The molecule has 5 rings (SSSR count). The fourth-order valence-electron chi connectivity index (χ4n) is 4.57. The Hall–Kier alpha value is -4.41. The highest BCUT2D eigenvalue weighted by atomic mass is 16.4. The highest BCUT2D eigenvalue weighted by Gasteiger charge is 2.24. The van der Waals surface area contributed by atoms with Gasteiger partial charge in [0.25, 0.3) is 0 Å². The molecule has 1 fully saturated rings. The van der Waals surface area contributed by atoms with E-state index in [4.69, 9.17) is 9.52 Å². The first-order valence-corrected chi connectivity index (χ1v) is 11.4. The smallest absolute Gasteiger partial charge is 0.323 e. The molecular formula is C24H24N6O5. The first-order chi connectivity index (χ1) is 16.9. The van der Waals surface area contributed by atoms with Gasteiger partial charge in [-0.15, -0.1) is 5.10 Å². The van der Waals surface area contributed by atoms with Crippen molar-refractivity contribution in [2.24, 2.45) is 5.92 Å². The normalized spacial score (nSPS) is 17.8. The number of amides is 1. The van der Waals surface area contributed by atoms with Gasteiger partial charge in [0.2, 0.25) is 0 Å². The lowest BCUT2D eigenvalue weighted by atomic mass is 9.77. The van der Waals surface area contributed by atoms with Crippen LogP contribution in [0.3, 0.4) is 0 Å². The molecule has 11 nitrogen and oxygen atoms in total. The van der Waals surface area contributed by atoms with Crippen LogP contribution in [0.25, 0.3) is 11.0 Å². The number of H-pyrrole nitrogens is 2. The fraction of sp³-hybridized carbons (Fsp3) is 0.292. The Kier molecular flexibility index (Phi) is 6.04. The Morgan fingerprint density at radius 1 is 0.971 bits per heavy atom. The van der Waals surface area contributed by atoms with E-state index in [0.29, 0.717) is 28.3 Å². The average molecular weight is 476 g/mol. The molecule has 4 aromatic rings. The molecule has 0 bridgehead atoms. The Bertz CT molecular complexity index is 1410. The quantitative estimate of drug-likeness (QED) is 0.267. The van der Waals surface area contributed by atoms with Crippen LogP contribution in [0.15, 0.2) is 51.7 Å². The summed E-state index contributed by atoms with van der Waals surface area (Å²) in [5, 5.41) is 22.3. The number of nitrogens with one attached hydrogen (secondary N) is 4. The number of carbonyl (C=O) groups excluding carboxylic acids is 1. The summed E-state index contributed by atoms with van der Waals surface area (Å²) in [6, 6.07) is 12.8. The number of aliphatic carboxylic acids is 1. The summed E-state index contributed by atoms with van der Waals surface area (Å²) < 4.78 is 5.43. The number of aromatic nitrogens is 4. The van der Waals surface area contributed by atoms with Crippen molar-refractivity contribution in [3.05, 3.63) is 64.4 Å². The van der Waals surface area contributed by atoms with Crippen LogP contribution in [0.2, 0.25) is 0 Å². The van der Waals surface area contributed by atoms with E-state index >= 15 is 0 Å². The highest BCUT2D eigenvalue weighted by molar-refractivity contribution is 6.00. The molecular weight excluding hydrogens is 452 g/mol. The van der Waals surface area contributed by atoms with Crippen LogP contribution in [0, 0.1) is 5.92 Å². The lowest BCUT2D eigenvalue weighted by Gasteiger charge is -2.28. The predicted molar refractivity (Wildman–Crippen MR) is 128 cm³/mol. The zero-order chi connectivity index (χ0) is 24.4. The van der Waals surface area contributed by atoms with Crippen LogP contribution in [0.5, 0.6) is 0 Å². The van der Waals surface area contributed by atoms with Gasteiger partial charge in [-0.05, 0) is 73.4 Å². The third kappa shape index (κ3) is 5.24. The number of carbonyl (C=O) groups is 2. The van der Waals surface area contributed by atoms with Gasteiger partial charge in [0, 0.05) is 17.8 Å². The molecule has 1 saturated carbocycles. The van der Waals surface area contributed by atoms with Gasteiger partial charge in [-0.2, -0.15) is 0 Å². The Labute approximate surface area is 199 Å².